The monoisotopic (exact) mass is 254 g/mol. The lowest BCUT2D eigenvalue weighted by Gasteiger charge is -2.13. The number of thiol groups is 1. The van der Waals surface area contributed by atoms with Crippen molar-refractivity contribution in [3.8, 4) is 5.75 Å². The summed E-state index contributed by atoms with van der Waals surface area (Å²) in [6.07, 6.45) is -4.80. The smallest absolute Gasteiger partial charge is 0.420 e. The maximum atomic E-state index is 13.3. The van der Waals surface area contributed by atoms with E-state index >= 15 is 0 Å². The van der Waals surface area contributed by atoms with Crippen LogP contribution in [-0.4, -0.2) is 5.97 Å². The predicted molar refractivity (Wildman–Crippen MR) is 50.0 cm³/mol. The number of hydrogen-bond acceptors (Lipinski definition) is 3. The van der Waals surface area contributed by atoms with Crippen molar-refractivity contribution < 1.29 is 27.1 Å². The fourth-order valence-electron chi connectivity index (χ4n) is 1.01. The number of benzene rings is 1. The fraction of sp³-hybridized carbons (Fsp3) is 0.222. The molecule has 0 saturated carbocycles. The van der Waals surface area contributed by atoms with Crippen LogP contribution < -0.4 is 4.74 Å². The van der Waals surface area contributed by atoms with Gasteiger partial charge in [-0.25, -0.2) is 4.39 Å². The zero-order valence-corrected chi connectivity index (χ0v) is 8.82. The fourth-order valence-corrected chi connectivity index (χ4v) is 1.19. The molecule has 88 valence electrons. The van der Waals surface area contributed by atoms with Crippen LogP contribution in [0.5, 0.6) is 5.75 Å². The van der Waals surface area contributed by atoms with Crippen LogP contribution >= 0.6 is 12.6 Å². The molecule has 2 nitrogen and oxygen atoms in total. The SMILES string of the molecule is CC(=O)Oc1c(C(F)(F)F)ccc(S)c1F. The molecule has 1 rings (SSSR count). The molecule has 0 saturated heterocycles. The Hall–Kier alpha value is -1.24. The number of esters is 1. The third-order valence-corrected chi connectivity index (χ3v) is 1.97. The van der Waals surface area contributed by atoms with Crippen LogP contribution in [0.25, 0.3) is 0 Å². The van der Waals surface area contributed by atoms with Crippen LogP contribution in [0.2, 0.25) is 0 Å². The molecule has 7 heteroatoms. The Kier molecular flexibility index (Phi) is 3.47. The average Bonchev–Trinajstić information content (AvgIpc) is 2.10. The van der Waals surface area contributed by atoms with E-state index in [1.54, 1.807) is 0 Å². The quantitative estimate of drug-likeness (QED) is 0.361. The molecule has 0 unspecified atom stereocenters. The Morgan fingerprint density at radius 1 is 1.38 bits per heavy atom. The third kappa shape index (κ3) is 2.66. The number of carbonyl (C=O) groups excluding carboxylic acids is 1. The first-order valence-corrected chi connectivity index (χ1v) is 4.45. The Labute approximate surface area is 93.6 Å². The first-order valence-electron chi connectivity index (χ1n) is 4.00. The lowest BCUT2D eigenvalue weighted by atomic mass is 10.2. The molecule has 1 aromatic carbocycles. The second-order valence-corrected chi connectivity index (χ2v) is 3.35. The second-order valence-electron chi connectivity index (χ2n) is 2.87. The molecule has 0 aromatic heterocycles. The molecule has 0 amide bonds. The molecule has 0 aliphatic carbocycles. The number of hydrogen-bond donors (Lipinski definition) is 1. The van der Waals surface area contributed by atoms with E-state index in [2.05, 4.69) is 17.4 Å². The molecule has 0 N–H and O–H groups in total. The average molecular weight is 254 g/mol. The highest BCUT2D eigenvalue weighted by atomic mass is 32.1. The Morgan fingerprint density at radius 3 is 2.38 bits per heavy atom. The van der Waals surface area contributed by atoms with Crippen molar-refractivity contribution in [1.82, 2.24) is 0 Å². The molecule has 0 fully saturated rings. The van der Waals surface area contributed by atoms with Crippen molar-refractivity contribution in [3.63, 3.8) is 0 Å². The van der Waals surface area contributed by atoms with Crippen molar-refractivity contribution in [3.05, 3.63) is 23.5 Å². The van der Waals surface area contributed by atoms with Gasteiger partial charge in [0.1, 0.15) is 5.56 Å². The molecule has 16 heavy (non-hydrogen) atoms. The molecular weight excluding hydrogens is 248 g/mol. The van der Waals surface area contributed by atoms with Crippen molar-refractivity contribution in [2.75, 3.05) is 0 Å². The van der Waals surface area contributed by atoms with E-state index in [0.29, 0.717) is 6.07 Å². The van der Waals surface area contributed by atoms with Gasteiger partial charge in [0.25, 0.3) is 0 Å². The second kappa shape index (κ2) is 4.32. The highest BCUT2D eigenvalue weighted by molar-refractivity contribution is 7.80. The van der Waals surface area contributed by atoms with Crippen LogP contribution in [0.3, 0.4) is 0 Å². The number of alkyl halides is 3. The van der Waals surface area contributed by atoms with E-state index in [-0.39, 0.29) is 4.90 Å². The summed E-state index contributed by atoms with van der Waals surface area (Å²) in [5, 5.41) is 0. The predicted octanol–water partition coefficient (Wildman–Crippen LogP) is 3.06. The van der Waals surface area contributed by atoms with Crippen molar-refractivity contribution in [2.45, 2.75) is 18.0 Å². The number of rotatable bonds is 1. The standard InChI is InChI=1S/C9H6F4O2S/c1-4(14)15-8-5(9(11,12)13)2-3-6(16)7(8)10/h2-3,16H,1H3. The zero-order valence-electron chi connectivity index (χ0n) is 7.93. The number of ether oxygens (including phenoxy) is 1. The minimum atomic E-state index is -4.80. The molecule has 0 spiro atoms. The van der Waals surface area contributed by atoms with Gasteiger partial charge in [-0.05, 0) is 12.1 Å². The minimum absolute atomic E-state index is 0.329. The van der Waals surface area contributed by atoms with Gasteiger partial charge in [0, 0.05) is 11.8 Å². The Bertz CT molecular complexity index is 428. The summed E-state index contributed by atoms with van der Waals surface area (Å²) in [5.74, 6) is -3.50. The van der Waals surface area contributed by atoms with Gasteiger partial charge in [-0.3, -0.25) is 4.79 Å². The van der Waals surface area contributed by atoms with Crippen LogP contribution in [0.15, 0.2) is 17.0 Å². The van der Waals surface area contributed by atoms with Gasteiger partial charge >= 0.3 is 12.1 Å². The van der Waals surface area contributed by atoms with E-state index in [0.717, 1.165) is 13.0 Å². The number of carbonyl (C=O) groups is 1. The summed E-state index contributed by atoms with van der Waals surface area (Å²) in [6, 6.07) is 1.44. The molecular formula is C9H6F4O2S. The lowest BCUT2D eigenvalue weighted by Crippen LogP contribution is -2.13. The molecule has 0 radical (unpaired) electrons. The van der Waals surface area contributed by atoms with Crippen molar-refractivity contribution in [1.29, 1.82) is 0 Å². The van der Waals surface area contributed by atoms with Gasteiger partial charge in [-0.1, -0.05) is 0 Å². The van der Waals surface area contributed by atoms with Crippen LogP contribution in [0, 0.1) is 5.82 Å². The van der Waals surface area contributed by atoms with Gasteiger partial charge in [0.05, 0.1) is 0 Å². The van der Waals surface area contributed by atoms with E-state index in [4.69, 9.17) is 0 Å². The van der Waals surface area contributed by atoms with Crippen LogP contribution in [0.4, 0.5) is 17.6 Å². The van der Waals surface area contributed by atoms with Gasteiger partial charge < -0.3 is 4.74 Å². The summed E-state index contributed by atoms with van der Waals surface area (Å²) in [4.78, 5) is 10.2. The van der Waals surface area contributed by atoms with E-state index in [1.165, 1.54) is 0 Å². The molecule has 0 aliphatic heterocycles. The minimum Gasteiger partial charge on any atom is -0.423 e. The number of halogens is 4. The first kappa shape index (κ1) is 12.8. The molecule has 0 bridgehead atoms. The van der Waals surface area contributed by atoms with E-state index in [1.807, 2.05) is 0 Å². The maximum absolute atomic E-state index is 13.3. The first-order chi connectivity index (χ1) is 7.23. The maximum Gasteiger partial charge on any atom is 0.420 e. The van der Waals surface area contributed by atoms with E-state index < -0.39 is 29.3 Å². The van der Waals surface area contributed by atoms with Gasteiger partial charge in [0.15, 0.2) is 11.6 Å². The Balaban J connectivity index is 3.39. The molecule has 0 heterocycles. The van der Waals surface area contributed by atoms with Gasteiger partial charge in [-0.2, -0.15) is 13.2 Å². The highest BCUT2D eigenvalue weighted by Gasteiger charge is 2.36. The Morgan fingerprint density at radius 2 is 1.94 bits per heavy atom. The molecule has 1 aromatic rings. The zero-order chi connectivity index (χ0) is 12.5. The van der Waals surface area contributed by atoms with Gasteiger partial charge in [0.2, 0.25) is 0 Å². The van der Waals surface area contributed by atoms with E-state index in [9.17, 15) is 22.4 Å². The van der Waals surface area contributed by atoms with Crippen LogP contribution in [0.1, 0.15) is 12.5 Å². The largest absolute Gasteiger partial charge is 0.423 e. The molecule has 0 aliphatic rings. The van der Waals surface area contributed by atoms with Gasteiger partial charge in [-0.15, -0.1) is 12.6 Å². The van der Waals surface area contributed by atoms with Crippen molar-refractivity contribution >= 4 is 18.6 Å². The van der Waals surface area contributed by atoms with Crippen LogP contribution in [-0.2, 0) is 11.0 Å². The summed E-state index contributed by atoms with van der Waals surface area (Å²) >= 11 is 3.60. The molecule has 0 atom stereocenters. The summed E-state index contributed by atoms with van der Waals surface area (Å²) < 4.78 is 54.8. The summed E-state index contributed by atoms with van der Waals surface area (Å²) in [5.41, 5.74) is -1.35. The van der Waals surface area contributed by atoms with Crippen molar-refractivity contribution in [2.24, 2.45) is 0 Å². The summed E-state index contributed by atoms with van der Waals surface area (Å²) in [7, 11) is 0. The topological polar surface area (TPSA) is 26.3 Å². The summed E-state index contributed by atoms with van der Waals surface area (Å²) in [6.45, 7) is 0.880. The normalized spacial score (nSPS) is 11.4. The lowest BCUT2D eigenvalue weighted by molar-refractivity contribution is -0.142. The highest BCUT2D eigenvalue weighted by Crippen LogP contribution is 2.39. The third-order valence-electron chi connectivity index (χ3n) is 1.63.